The van der Waals surface area contributed by atoms with E-state index in [2.05, 4.69) is 4.98 Å². The molecule has 1 amide bonds. The van der Waals surface area contributed by atoms with E-state index in [4.69, 9.17) is 10.8 Å². The Kier molecular flexibility index (Phi) is 3.25. The molecule has 0 aliphatic heterocycles. The topological polar surface area (TPSA) is 98.2 Å². The van der Waals surface area contributed by atoms with Crippen LogP contribution in [-0.4, -0.2) is 26.5 Å². The van der Waals surface area contributed by atoms with Crippen molar-refractivity contribution in [1.82, 2.24) is 9.55 Å². The van der Waals surface area contributed by atoms with Crippen LogP contribution in [0.15, 0.2) is 24.5 Å². The highest BCUT2D eigenvalue weighted by molar-refractivity contribution is 5.92. The van der Waals surface area contributed by atoms with E-state index in [1.165, 1.54) is 18.5 Å². The van der Waals surface area contributed by atoms with E-state index < -0.39 is 17.9 Å². The van der Waals surface area contributed by atoms with E-state index in [0.29, 0.717) is 11.0 Å². The minimum atomic E-state index is -1.01. The van der Waals surface area contributed by atoms with Gasteiger partial charge >= 0.3 is 5.97 Å². The lowest BCUT2D eigenvalue weighted by molar-refractivity contribution is -0.122. The molecule has 1 aromatic carbocycles. The van der Waals surface area contributed by atoms with Crippen molar-refractivity contribution < 1.29 is 14.7 Å². The van der Waals surface area contributed by atoms with E-state index in [-0.39, 0.29) is 11.5 Å². The number of carbonyl (C=O) groups excluding carboxylic acids is 1. The molecule has 2 rings (SSSR count). The summed E-state index contributed by atoms with van der Waals surface area (Å²) in [5.74, 6) is -1.42. The number of carboxylic acid groups (broad SMARTS) is 1. The van der Waals surface area contributed by atoms with E-state index in [9.17, 15) is 9.59 Å². The van der Waals surface area contributed by atoms with Gasteiger partial charge in [0.05, 0.1) is 22.9 Å². The lowest BCUT2D eigenvalue weighted by atomic mass is 10.0. The molecule has 6 heteroatoms. The van der Waals surface area contributed by atoms with Crippen LogP contribution >= 0.6 is 0 Å². The molecule has 6 nitrogen and oxygen atoms in total. The third kappa shape index (κ3) is 2.29. The summed E-state index contributed by atoms with van der Waals surface area (Å²) in [5, 5.41) is 8.93. The number of hydrogen-bond donors (Lipinski definition) is 2. The Balaban J connectivity index is 2.57. The molecule has 0 radical (unpaired) electrons. The minimum Gasteiger partial charge on any atom is -0.478 e. The molecule has 0 aliphatic carbocycles. The van der Waals surface area contributed by atoms with Crippen molar-refractivity contribution in [3.63, 3.8) is 0 Å². The van der Waals surface area contributed by atoms with Crippen LogP contribution in [0.4, 0.5) is 0 Å². The number of carboxylic acids is 1. The lowest BCUT2D eigenvalue weighted by Crippen LogP contribution is -2.30. The Hall–Kier alpha value is -2.37. The molecule has 0 fully saturated rings. The number of hydrogen-bond acceptors (Lipinski definition) is 3. The van der Waals surface area contributed by atoms with E-state index in [1.807, 2.05) is 13.8 Å². The molecule has 0 saturated heterocycles. The Bertz CT molecular complexity index is 646. The Labute approximate surface area is 109 Å². The van der Waals surface area contributed by atoms with Crippen LogP contribution in [0, 0.1) is 5.92 Å². The maximum atomic E-state index is 11.5. The Morgan fingerprint density at radius 3 is 2.58 bits per heavy atom. The highest BCUT2D eigenvalue weighted by Gasteiger charge is 2.23. The van der Waals surface area contributed by atoms with Crippen LogP contribution in [0.1, 0.15) is 30.2 Å². The summed E-state index contributed by atoms with van der Waals surface area (Å²) >= 11 is 0. The fourth-order valence-corrected chi connectivity index (χ4v) is 2.17. The monoisotopic (exact) mass is 261 g/mol. The average molecular weight is 261 g/mol. The van der Waals surface area contributed by atoms with Gasteiger partial charge in [-0.3, -0.25) is 4.79 Å². The van der Waals surface area contributed by atoms with Crippen molar-refractivity contribution in [2.24, 2.45) is 11.7 Å². The molecule has 1 aromatic heterocycles. The quantitative estimate of drug-likeness (QED) is 0.869. The number of carbonyl (C=O) groups is 2. The molecule has 1 atom stereocenters. The number of primary amides is 1. The number of nitrogens with two attached hydrogens (primary N) is 1. The minimum absolute atomic E-state index is 0.0223. The molecule has 0 aliphatic rings. The Morgan fingerprint density at radius 1 is 1.37 bits per heavy atom. The van der Waals surface area contributed by atoms with Crippen LogP contribution < -0.4 is 5.73 Å². The number of rotatable bonds is 4. The molecule has 3 N–H and O–H groups in total. The lowest BCUT2D eigenvalue weighted by Gasteiger charge is -2.19. The maximum absolute atomic E-state index is 11.5. The third-order valence-electron chi connectivity index (χ3n) is 3.04. The summed E-state index contributed by atoms with van der Waals surface area (Å²) in [6.45, 7) is 3.79. The number of aromatic carboxylic acids is 1. The maximum Gasteiger partial charge on any atom is 0.335 e. The van der Waals surface area contributed by atoms with Gasteiger partial charge in [-0.25, -0.2) is 9.78 Å². The van der Waals surface area contributed by atoms with Gasteiger partial charge in [0.25, 0.3) is 0 Å². The molecular weight excluding hydrogens is 246 g/mol. The zero-order chi connectivity index (χ0) is 14.2. The van der Waals surface area contributed by atoms with Crippen LogP contribution in [0.2, 0.25) is 0 Å². The van der Waals surface area contributed by atoms with E-state index in [0.717, 1.165) is 0 Å². The average Bonchev–Trinajstić information content (AvgIpc) is 2.71. The van der Waals surface area contributed by atoms with Gasteiger partial charge in [-0.15, -0.1) is 0 Å². The first kappa shape index (κ1) is 13.1. The van der Waals surface area contributed by atoms with Crippen LogP contribution in [0.25, 0.3) is 11.0 Å². The molecule has 0 bridgehead atoms. The van der Waals surface area contributed by atoms with Gasteiger partial charge in [0.2, 0.25) is 5.91 Å². The number of fused-ring (bicyclic) bond motifs is 1. The number of nitrogens with zero attached hydrogens (tertiary/aromatic N) is 2. The molecule has 19 heavy (non-hydrogen) atoms. The van der Waals surface area contributed by atoms with Crippen molar-refractivity contribution in [2.75, 3.05) is 0 Å². The normalized spacial score (nSPS) is 12.8. The van der Waals surface area contributed by atoms with Crippen LogP contribution in [0.3, 0.4) is 0 Å². The number of amides is 1. The molecule has 1 heterocycles. The summed E-state index contributed by atoms with van der Waals surface area (Å²) in [6, 6.07) is 4.11. The second-order valence-corrected chi connectivity index (χ2v) is 4.75. The third-order valence-corrected chi connectivity index (χ3v) is 3.04. The van der Waals surface area contributed by atoms with Crippen LogP contribution in [0.5, 0.6) is 0 Å². The van der Waals surface area contributed by atoms with Crippen molar-refractivity contribution in [1.29, 1.82) is 0 Å². The highest BCUT2D eigenvalue weighted by Crippen LogP contribution is 2.24. The first-order chi connectivity index (χ1) is 8.91. The number of imidazole rings is 1. The van der Waals surface area contributed by atoms with E-state index >= 15 is 0 Å². The molecule has 2 aromatic rings. The zero-order valence-electron chi connectivity index (χ0n) is 10.7. The largest absolute Gasteiger partial charge is 0.478 e. The highest BCUT2D eigenvalue weighted by atomic mass is 16.4. The first-order valence-corrected chi connectivity index (χ1v) is 5.91. The smallest absolute Gasteiger partial charge is 0.335 e. The Morgan fingerprint density at radius 2 is 2.05 bits per heavy atom. The van der Waals surface area contributed by atoms with Gasteiger partial charge in [-0.2, -0.15) is 0 Å². The van der Waals surface area contributed by atoms with Crippen molar-refractivity contribution in [3.05, 3.63) is 30.1 Å². The second kappa shape index (κ2) is 4.72. The summed E-state index contributed by atoms with van der Waals surface area (Å²) in [6.07, 6.45) is 1.52. The van der Waals surface area contributed by atoms with Gasteiger partial charge in [-0.05, 0) is 24.1 Å². The van der Waals surface area contributed by atoms with Gasteiger partial charge in [0.1, 0.15) is 6.04 Å². The first-order valence-electron chi connectivity index (χ1n) is 5.91. The number of benzene rings is 1. The van der Waals surface area contributed by atoms with E-state index in [1.54, 1.807) is 10.6 Å². The van der Waals surface area contributed by atoms with Gasteiger partial charge in [0, 0.05) is 0 Å². The molecule has 0 saturated carbocycles. The standard InChI is InChI=1S/C13H15N3O3/c1-7(2)11(12(14)17)16-6-15-9-5-8(13(18)19)3-4-10(9)16/h3-7,11H,1-2H3,(H2,14,17)(H,18,19). The molecule has 100 valence electrons. The summed E-state index contributed by atoms with van der Waals surface area (Å²) in [5.41, 5.74) is 6.81. The second-order valence-electron chi connectivity index (χ2n) is 4.75. The zero-order valence-corrected chi connectivity index (χ0v) is 10.7. The molecular formula is C13H15N3O3. The van der Waals surface area contributed by atoms with Crippen molar-refractivity contribution in [3.8, 4) is 0 Å². The predicted octanol–water partition coefficient (Wildman–Crippen LogP) is 1.42. The summed E-state index contributed by atoms with van der Waals surface area (Å²) in [7, 11) is 0. The summed E-state index contributed by atoms with van der Waals surface area (Å²) in [4.78, 5) is 26.6. The fraction of sp³-hybridized carbons (Fsp3) is 0.308. The van der Waals surface area contributed by atoms with Crippen LogP contribution in [-0.2, 0) is 4.79 Å². The van der Waals surface area contributed by atoms with Gasteiger partial charge in [0.15, 0.2) is 0 Å². The van der Waals surface area contributed by atoms with Gasteiger partial charge < -0.3 is 15.4 Å². The van der Waals surface area contributed by atoms with Crippen molar-refractivity contribution in [2.45, 2.75) is 19.9 Å². The van der Waals surface area contributed by atoms with Gasteiger partial charge in [-0.1, -0.05) is 13.8 Å². The summed E-state index contributed by atoms with van der Waals surface area (Å²) < 4.78 is 1.69. The number of aromatic nitrogens is 2. The SMILES string of the molecule is CC(C)C(C(N)=O)n1cnc2cc(C(=O)O)ccc21. The molecule has 0 spiro atoms. The predicted molar refractivity (Wildman–Crippen MR) is 69.8 cm³/mol. The van der Waals surface area contributed by atoms with Crippen molar-refractivity contribution >= 4 is 22.9 Å². The fourth-order valence-electron chi connectivity index (χ4n) is 2.17. The molecule has 1 unspecified atom stereocenters.